The molecule has 23 heavy (non-hydrogen) atoms. The standard InChI is InChI=1S/C16H22.C3H8O2.C2H6/c1-3-9-15(10-4-1)11-5-2-6-12-16-13-7-8-14-16;1-2-3(4)5;1-2/h1,3-4,6,9-10,12,16H,2,5,7-8,11,13-14H2;3-5H,2H2,1H3;1-2H3/b12-6+;;. The van der Waals surface area contributed by atoms with Crippen molar-refractivity contribution in [1.29, 1.82) is 0 Å². The van der Waals surface area contributed by atoms with E-state index >= 15 is 0 Å². The SMILES string of the molecule is C(=C\C1CCCC1)/CCCc1ccccc1.CC.CCC(O)O. The third kappa shape index (κ3) is 13.1. The van der Waals surface area contributed by atoms with Crippen LogP contribution in [0.15, 0.2) is 42.5 Å². The van der Waals surface area contributed by atoms with Gasteiger partial charge in [0, 0.05) is 0 Å². The molecular weight excluding hydrogens is 284 g/mol. The monoisotopic (exact) mass is 320 g/mol. The summed E-state index contributed by atoms with van der Waals surface area (Å²) >= 11 is 0. The number of aryl methyl sites for hydroxylation is 1. The second kappa shape index (κ2) is 15.8. The van der Waals surface area contributed by atoms with Gasteiger partial charge < -0.3 is 10.2 Å². The molecule has 0 aliphatic heterocycles. The van der Waals surface area contributed by atoms with Gasteiger partial charge in [-0.25, -0.2) is 0 Å². The third-order valence-electron chi connectivity index (χ3n) is 3.85. The molecule has 2 N–H and O–H groups in total. The van der Waals surface area contributed by atoms with Crippen LogP contribution < -0.4 is 0 Å². The molecule has 0 atom stereocenters. The molecule has 2 rings (SSSR count). The molecule has 0 unspecified atom stereocenters. The van der Waals surface area contributed by atoms with E-state index in [0.29, 0.717) is 6.42 Å². The van der Waals surface area contributed by atoms with Gasteiger partial charge in [0.05, 0.1) is 0 Å². The van der Waals surface area contributed by atoms with Crippen molar-refractivity contribution in [1.82, 2.24) is 0 Å². The summed E-state index contributed by atoms with van der Waals surface area (Å²) in [5.74, 6) is 0.900. The number of benzene rings is 1. The Kier molecular flexibility index (Phi) is 15.0. The molecule has 1 aromatic carbocycles. The minimum atomic E-state index is -1.12. The van der Waals surface area contributed by atoms with Crippen LogP contribution >= 0.6 is 0 Å². The highest BCUT2D eigenvalue weighted by molar-refractivity contribution is 5.14. The predicted molar refractivity (Wildman–Crippen MR) is 100 cm³/mol. The van der Waals surface area contributed by atoms with E-state index in [2.05, 4.69) is 42.5 Å². The zero-order valence-electron chi connectivity index (χ0n) is 15.2. The van der Waals surface area contributed by atoms with Crippen molar-refractivity contribution < 1.29 is 10.2 Å². The van der Waals surface area contributed by atoms with E-state index in [9.17, 15) is 0 Å². The predicted octanol–water partition coefficient (Wildman–Crippen LogP) is 5.49. The highest BCUT2D eigenvalue weighted by Gasteiger charge is 2.10. The lowest BCUT2D eigenvalue weighted by Crippen LogP contribution is -1.99. The minimum absolute atomic E-state index is 0.417. The van der Waals surface area contributed by atoms with E-state index in [1.165, 1.54) is 50.5 Å². The van der Waals surface area contributed by atoms with Gasteiger partial charge in [-0.1, -0.05) is 76.1 Å². The number of rotatable bonds is 6. The Hall–Kier alpha value is -1.12. The largest absolute Gasteiger partial charge is 0.368 e. The number of aliphatic hydroxyl groups is 2. The smallest absolute Gasteiger partial charge is 0.151 e. The van der Waals surface area contributed by atoms with Gasteiger partial charge in [-0.2, -0.15) is 0 Å². The van der Waals surface area contributed by atoms with Gasteiger partial charge in [-0.05, 0) is 50.0 Å². The molecule has 132 valence electrons. The van der Waals surface area contributed by atoms with Crippen LogP contribution in [0, 0.1) is 5.92 Å². The molecule has 2 nitrogen and oxygen atoms in total. The minimum Gasteiger partial charge on any atom is -0.368 e. The molecule has 1 aromatic rings. The molecule has 0 amide bonds. The Balaban J connectivity index is 0.000000594. The van der Waals surface area contributed by atoms with E-state index in [-0.39, 0.29) is 0 Å². The number of allylic oxidation sites excluding steroid dienone is 2. The van der Waals surface area contributed by atoms with E-state index in [0.717, 1.165) is 5.92 Å². The summed E-state index contributed by atoms with van der Waals surface area (Å²) in [4.78, 5) is 0. The normalized spacial score (nSPS) is 14.3. The molecule has 1 aliphatic rings. The molecule has 0 radical (unpaired) electrons. The third-order valence-corrected chi connectivity index (χ3v) is 3.85. The Bertz CT molecular complexity index is 365. The van der Waals surface area contributed by atoms with Gasteiger partial charge in [0.2, 0.25) is 0 Å². The van der Waals surface area contributed by atoms with Crippen molar-refractivity contribution in [2.45, 2.75) is 78.4 Å². The fraction of sp³-hybridized carbons (Fsp3) is 0.619. The van der Waals surface area contributed by atoms with Gasteiger partial charge in [0.25, 0.3) is 0 Å². The van der Waals surface area contributed by atoms with Crippen molar-refractivity contribution in [3.8, 4) is 0 Å². The summed E-state index contributed by atoms with van der Waals surface area (Å²) in [5, 5.41) is 15.8. The number of unbranched alkanes of at least 4 members (excludes halogenated alkanes) is 1. The van der Waals surface area contributed by atoms with E-state index in [1.54, 1.807) is 6.92 Å². The lowest BCUT2D eigenvalue weighted by atomic mass is 10.1. The highest BCUT2D eigenvalue weighted by Crippen LogP contribution is 2.25. The van der Waals surface area contributed by atoms with E-state index in [4.69, 9.17) is 10.2 Å². The van der Waals surface area contributed by atoms with Crippen LogP contribution in [0.3, 0.4) is 0 Å². The van der Waals surface area contributed by atoms with Crippen LogP contribution in [-0.4, -0.2) is 16.5 Å². The second-order valence-electron chi connectivity index (χ2n) is 5.74. The lowest BCUT2D eigenvalue weighted by Gasteiger charge is -2.01. The average Bonchev–Trinajstić information content (AvgIpc) is 3.11. The van der Waals surface area contributed by atoms with Crippen LogP contribution in [-0.2, 0) is 6.42 Å². The zero-order valence-corrected chi connectivity index (χ0v) is 15.2. The Morgan fingerprint density at radius 3 is 2.17 bits per heavy atom. The first kappa shape index (κ1) is 21.9. The Morgan fingerprint density at radius 2 is 1.65 bits per heavy atom. The van der Waals surface area contributed by atoms with Crippen molar-refractivity contribution in [2.24, 2.45) is 5.92 Å². The van der Waals surface area contributed by atoms with Crippen LogP contribution in [0.5, 0.6) is 0 Å². The van der Waals surface area contributed by atoms with Crippen LogP contribution in [0.4, 0.5) is 0 Å². The first-order chi connectivity index (χ1) is 11.2. The average molecular weight is 321 g/mol. The fourth-order valence-electron chi connectivity index (χ4n) is 2.51. The maximum Gasteiger partial charge on any atom is 0.151 e. The van der Waals surface area contributed by atoms with Gasteiger partial charge in [0.1, 0.15) is 0 Å². The molecule has 0 heterocycles. The summed E-state index contributed by atoms with van der Waals surface area (Å²) in [7, 11) is 0. The van der Waals surface area contributed by atoms with Gasteiger partial charge in [-0.15, -0.1) is 0 Å². The fourth-order valence-corrected chi connectivity index (χ4v) is 2.51. The molecular formula is C21H36O2. The van der Waals surface area contributed by atoms with E-state index < -0.39 is 6.29 Å². The first-order valence-electron chi connectivity index (χ1n) is 9.29. The quantitative estimate of drug-likeness (QED) is 0.413. The number of aliphatic hydroxyl groups excluding tert-OH is 1. The molecule has 0 bridgehead atoms. The Morgan fingerprint density at radius 1 is 1.09 bits per heavy atom. The molecule has 1 aliphatic carbocycles. The lowest BCUT2D eigenvalue weighted by molar-refractivity contribution is -0.0413. The second-order valence-corrected chi connectivity index (χ2v) is 5.74. The summed E-state index contributed by atoms with van der Waals surface area (Å²) in [5.41, 5.74) is 1.47. The van der Waals surface area contributed by atoms with Crippen molar-refractivity contribution in [2.75, 3.05) is 0 Å². The Labute approximate surface area is 143 Å². The maximum atomic E-state index is 7.92. The molecule has 1 fully saturated rings. The van der Waals surface area contributed by atoms with Gasteiger partial charge in [-0.3, -0.25) is 0 Å². The van der Waals surface area contributed by atoms with Crippen LogP contribution in [0.2, 0.25) is 0 Å². The molecule has 0 aromatic heterocycles. The van der Waals surface area contributed by atoms with E-state index in [1.807, 2.05) is 13.8 Å². The van der Waals surface area contributed by atoms with Crippen LogP contribution in [0.25, 0.3) is 0 Å². The van der Waals surface area contributed by atoms with Gasteiger partial charge in [0.15, 0.2) is 6.29 Å². The zero-order chi connectivity index (χ0) is 17.3. The topological polar surface area (TPSA) is 40.5 Å². The summed E-state index contributed by atoms with van der Waals surface area (Å²) in [6.07, 6.45) is 13.6. The van der Waals surface area contributed by atoms with Crippen LogP contribution in [0.1, 0.15) is 71.3 Å². The number of hydrogen-bond acceptors (Lipinski definition) is 2. The van der Waals surface area contributed by atoms with Crippen molar-refractivity contribution in [3.05, 3.63) is 48.0 Å². The van der Waals surface area contributed by atoms with Crippen molar-refractivity contribution >= 4 is 0 Å². The first-order valence-corrected chi connectivity index (χ1v) is 9.29. The summed E-state index contributed by atoms with van der Waals surface area (Å²) in [6.45, 7) is 5.70. The highest BCUT2D eigenvalue weighted by atomic mass is 16.5. The molecule has 0 saturated heterocycles. The molecule has 2 heteroatoms. The maximum absolute atomic E-state index is 7.92. The molecule has 1 saturated carbocycles. The molecule has 0 spiro atoms. The summed E-state index contributed by atoms with van der Waals surface area (Å²) in [6, 6.07) is 10.8. The number of hydrogen-bond donors (Lipinski definition) is 2. The van der Waals surface area contributed by atoms with Gasteiger partial charge >= 0.3 is 0 Å². The summed E-state index contributed by atoms with van der Waals surface area (Å²) < 4.78 is 0. The van der Waals surface area contributed by atoms with Crippen molar-refractivity contribution in [3.63, 3.8) is 0 Å².